The van der Waals surface area contributed by atoms with Gasteiger partial charge in [-0.3, -0.25) is 0 Å². The average Bonchev–Trinajstić information content (AvgIpc) is 1.89. The van der Waals surface area contributed by atoms with Crippen molar-refractivity contribution in [3.8, 4) is 0 Å². The lowest BCUT2D eigenvalue weighted by Gasteiger charge is -1.64. The summed E-state index contributed by atoms with van der Waals surface area (Å²) < 4.78 is 4.03. The number of allylic oxidation sites excluding steroid dienone is 2. The van der Waals surface area contributed by atoms with Crippen LogP contribution in [0, 0.1) is 0 Å². The van der Waals surface area contributed by atoms with Gasteiger partial charge in [0.15, 0.2) is 0 Å². The third-order valence-electron chi connectivity index (χ3n) is 0.871. The zero-order valence-electron chi connectivity index (χ0n) is 6.17. The first-order valence-corrected chi connectivity index (χ1v) is 3.36. The van der Waals surface area contributed by atoms with Crippen molar-refractivity contribution in [1.29, 1.82) is 0 Å². The van der Waals surface area contributed by atoms with E-state index in [1.54, 1.807) is 0 Å². The SMILES string of the molecule is C/C=C/CC=[N+]=CCC. The van der Waals surface area contributed by atoms with Gasteiger partial charge in [0.25, 0.3) is 12.4 Å². The summed E-state index contributed by atoms with van der Waals surface area (Å²) in [5.41, 5.74) is 0. The minimum atomic E-state index is 0.951. The predicted octanol–water partition coefficient (Wildman–Crippen LogP) is 1.57. The van der Waals surface area contributed by atoms with Crippen LogP contribution in [0.1, 0.15) is 26.7 Å². The molecule has 0 saturated carbocycles. The van der Waals surface area contributed by atoms with E-state index in [4.69, 9.17) is 0 Å². The second kappa shape index (κ2) is 7.19. The summed E-state index contributed by atoms with van der Waals surface area (Å²) >= 11 is 0. The highest BCUT2D eigenvalue weighted by atomic mass is 14.5. The molecule has 0 aromatic rings. The van der Waals surface area contributed by atoms with Gasteiger partial charge in [0.1, 0.15) is 0 Å². The molecule has 0 radical (unpaired) electrons. The van der Waals surface area contributed by atoms with Gasteiger partial charge in [0.2, 0.25) is 0 Å². The Labute approximate surface area is 56.8 Å². The molecule has 0 bridgehead atoms. The third-order valence-corrected chi connectivity index (χ3v) is 0.871. The number of hydrogen-bond donors (Lipinski definition) is 0. The summed E-state index contributed by atoms with van der Waals surface area (Å²) in [7, 11) is 0. The van der Waals surface area contributed by atoms with E-state index >= 15 is 0 Å². The van der Waals surface area contributed by atoms with Crippen molar-refractivity contribution in [2.45, 2.75) is 26.7 Å². The first-order valence-electron chi connectivity index (χ1n) is 3.36. The Kier molecular flexibility index (Phi) is 6.54. The lowest BCUT2D eigenvalue weighted by Crippen LogP contribution is -1.78. The van der Waals surface area contributed by atoms with Crippen LogP contribution < -0.4 is 4.67 Å². The summed E-state index contributed by atoms with van der Waals surface area (Å²) in [6, 6.07) is 0. The fourth-order valence-electron chi connectivity index (χ4n) is 0.438. The quantitative estimate of drug-likeness (QED) is 0.308. The Hall–Kier alpha value is -0.810. The van der Waals surface area contributed by atoms with Crippen molar-refractivity contribution < 1.29 is 0 Å². The van der Waals surface area contributed by atoms with Crippen molar-refractivity contribution in [2.24, 2.45) is 0 Å². The van der Waals surface area contributed by atoms with Crippen LogP contribution in [0.2, 0.25) is 0 Å². The highest BCUT2D eigenvalue weighted by molar-refractivity contribution is 5.66. The Morgan fingerprint density at radius 2 is 2.11 bits per heavy atom. The summed E-state index contributed by atoms with van der Waals surface area (Å²) in [6.07, 6.45) is 9.89. The molecule has 0 fully saturated rings. The van der Waals surface area contributed by atoms with Gasteiger partial charge >= 0.3 is 0 Å². The maximum absolute atomic E-state index is 4.03. The van der Waals surface area contributed by atoms with E-state index in [9.17, 15) is 0 Å². The minimum Gasteiger partial charge on any atom is -0.110 e. The summed E-state index contributed by atoms with van der Waals surface area (Å²) in [5.74, 6) is 0. The molecule has 0 aromatic heterocycles. The van der Waals surface area contributed by atoms with Crippen molar-refractivity contribution >= 4 is 12.4 Å². The Balaban J connectivity index is 3.35. The second-order valence-corrected chi connectivity index (χ2v) is 1.73. The topological polar surface area (TPSA) is 14.1 Å². The molecule has 0 N–H and O–H groups in total. The molecule has 0 atom stereocenters. The van der Waals surface area contributed by atoms with Crippen LogP contribution in [0.5, 0.6) is 0 Å². The van der Waals surface area contributed by atoms with E-state index in [0.717, 1.165) is 12.8 Å². The van der Waals surface area contributed by atoms with E-state index in [-0.39, 0.29) is 0 Å². The Morgan fingerprint density at radius 1 is 1.33 bits per heavy atom. The van der Waals surface area contributed by atoms with Crippen LogP contribution >= 0.6 is 0 Å². The maximum atomic E-state index is 4.03. The second-order valence-electron chi connectivity index (χ2n) is 1.73. The first-order chi connectivity index (χ1) is 4.41. The van der Waals surface area contributed by atoms with Crippen molar-refractivity contribution in [3.05, 3.63) is 12.2 Å². The molecule has 0 aliphatic rings. The molecule has 50 valence electrons. The van der Waals surface area contributed by atoms with Crippen molar-refractivity contribution in [3.63, 3.8) is 0 Å². The lowest BCUT2D eigenvalue weighted by molar-refractivity contribution is 1.31. The lowest BCUT2D eigenvalue weighted by atomic mass is 10.4. The molecular weight excluding hydrogens is 110 g/mol. The summed E-state index contributed by atoms with van der Waals surface area (Å²) in [4.78, 5) is 0. The van der Waals surface area contributed by atoms with Gasteiger partial charge in [-0.25, -0.2) is 0 Å². The largest absolute Gasteiger partial charge is 0.272 e. The monoisotopic (exact) mass is 124 g/mol. The molecule has 0 heterocycles. The van der Waals surface area contributed by atoms with E-state index < -0.39 is 0 Å². The van der Waals surface area contributed by atoms with E-state index in [1.807, 2.05) is 25.4 Å². The van der Waals surface area contributed by atoms with Crippen molar-refractivity contribution in [1.82, 2.24) is 4.67 Å². The van der Waals surface area contributed by atoms with Crippen molar-refractivity contribution in [2.75, 3.05) is 0 Å². The predicted molar refractivity (Wildman–Crippen MR) is 44.0 cm³/mol. The van der Waals surface area contributed by atoms with Crippen LogP contribution in [-0.2, 0) is 0 Å². The van der Waals surface area contributed by atoms with E-state index in [1.165, 1.54) is 0 Å². The Morgan fingerprint density at radius 3 is 2.67 bits per heavy atom. The molecule has 0 unspecified atom stereocenters. The molecule has 0 aliphatic carbocycles. The van der Waals surface area contributed by atoms with Crippen LogP contribution in [0.3, 0.4) is 0 Å². The summed E-state index contributed by atoms with van der Waals surface area (Å²) in [5, 5.41) is 0. The summed E-state index contributed by atoms with van der Waals surface area (Å²) in [6.45, 7) is 4.09. The van der Waals surface area contributed by atoms with Crippen LogP contribution in [0.15, 0.2) is 12.2 Å². The number of hydrogen-bond acceptors (Lipinski definition) is 0. The van der Waals surface area contributed by atoms with Gasteiger partial charge in [-0.05, 0) is 6.92 Å². The standard InChI is InChI=1S/C8H14N/c1-3-5-6-8-9-7-4-2/h3,5,7-8H,4,6H2,1-2H3/q+1/b5-3+. The van der Waals surface area contributed by atoms with Crippen LogP contribution in [0.25, 0.3) is 0 Å². The van der Waals surface area contributed by atoms with E-state index in [2.05, 4.69) is 17.7 Å². The molecule has 0 aromatic carbocycles. The number of rotatable bonds is 3. The first kappa shape index (κ1) is 8.19. The number of nitrogens with zero attached hydrogens (tertiary/aromatic N) is 1. The third kappa shape index (κ3) is 7.19. The normalized spacial score (nSPS) is 9.11. The van der Waals surface area contributed by atoms with Crippen LogP contribution in [0.4, 0.5) is 0 Å². The minimum absolute atomic E-state index is 0.951. The van der Waals surface area contributed by atoms with Gasteiger partial charge in [0, 0.05) is 6.42 Å². The Bertz CT molecular complexity index is 128. The van der Waals surface area contributed by atoms with E-state index in [0.29, 0.717) is 0 Å². The molecule has 0 amide bonds. The van der Waals surface area contributed by atoms with Crippen LogP contribution in [-0.4, -0.2) is 12.4 Å². The fourth-order valence-corrected chi connectivity index (χ4v) is 0.438. The van der Waals surface area contributed by atoms with Gasteiger partial charge in [-0.1, -0.05) is 19.1 Å². The molecule has 9 heavy (non-hydrogen) atoms. The molecule has 1 heteroatoms. The zero-order valence-corrected chi connectivity index (χ0v) is 6.17. The average molecular weight is 124 g/mol. The molecular formula is C8H14N+. The molecule has 0 spiro atoms. The fraction of sp³-hybridized carbons (Fsp3) is 0.500. The zero-order chi connectivity index (χ0) is 6.95. The smallest absolute Gasteiger partial charge is 0.110 e. The molecule has 1 nitrogen and oxygen atoms in total. The van der Waals surface area contributed by atoms with Gasteiger partial charge < -0.3 is 0 Å². The van der Waals surface area contributed by atoms with Gasteiger partial charge in [0.05, 0.1) is 6.42 Å². The van der Waals surface area contributed by atoms with Gasteiger partial charge in [-0.15, -0.1) is 4.67 Å². The molecule has 0 rings (SSSR count). The highest BCUT2D eigenvalue weighted by Gasteiger charge is 1.76. The maximum Gasteiger partial charge on any atom is 0.272 e. The van der Waals surface area contributed by atoms with Gasteiger partial charge in [-0.2, -0.15) is 0 Å². The molecule has 0 saturated heterocycles. The highest BCUT2D eigenvalue weighted by Crippen LogP contribution is 1.72. The molecule has 0 aliphatic heterocycles.